The molecule has 0 unspecified atom stereocenters. The van der Waals surface area contributed by atoms with Gasteiger partial charge in [-0.05, 0) is 24.3 Å². The maximum absolute atomic E-state index is 9.51. The highest BCUT2D eigenvalue weighted by Crippen LogP contribution is 2.23. The van der Waals surface area contributed by atoms with Crippen molar-refractivity contribution in [3.05, 3.63) is 48.3 Å². The summed E-state index contributed by atoms with van der Waals surface area (Å²) in [7, 11) is 0. The number of hydrogen-bond acceptors (Lipinski definition) is 4. The van der Waals surface area contributed by atoms with Gasteiger partial charge in [-0.25, -0.2) is 0 Å². The van der Waals surface area contributed by atoms with Crippen molar-refractivity contribution in [3.63, 3.8) is 0 Å². The summed E-state index contributed by atoms with van der Waals surface area (Å²) in [5.41, 5.74) is 0.613. The van der Waals surface area contributed by atoms with Crippen LogP contribution in [-0.4, -0.2) is 15.2 Å². The third-order valence-electron chi connectivity index (χ3n) is 2.10. The molecule has 0 aliphatic heterocycles. The first kappa shape index (κ1) is 10.3. The van der Waals surface area contributed by atoms with Gasteiger partial charge in [0.25, 0.3) is 0 Å². The van der Waals surface area contributed by atoms with Crippen LogP contribution in [0.5, 0.6) is 17.2 Å². The van der Waals surface area contributed by atoms with Crippen molar-refractivity contribution in [1.29, 1.82) is 0 Å². The number of benzene rings is 1. The smallest absolute Gasteiger partial charge is 0.138 e. The first-order chi connectivity index (χ1) is 7.75. The minimum absolute atomic E-state index is 0.0175. The zero-order valence-corrected chi connectivity index (χ0v) is 8.50. The molecule has 2 rings (SSSR count). The van der Waals surface area contributed by atoms with E-state index in [0.717, 1.165) is 0 Å². The van der Waals surface area contributed by atoms with Gasteiger partial charge in [-0.15, -0.1) is 0 Å². The van der Waals surface area contributed by atoms with Gasteiger partial charge in [-0.3, -0.25) is 4.98 Å². The predicted octanol–water partition coefficient (Wildman–Crippen LogP) is 2.07. The normalized spacial score (nSPS) is 10.0. The number of pyridine rings is 1. The third-order valence-corrected chi connectivity index (χ3v) is 2.10. The average Bonchev–Trinajstić information content (AvgIpc) is 2.29. The van der Waals surface area contributed by atoms with Crippen molar-refractivity contribution in [1.82, 2.24) is 4.98 Å². The van der Waals surface area contributed by atoms with Gasteiger partial charge in [0, 0.05) is 17.8 Å². The molecule has 0 bridgehead atoms. The Balaban J connectivity index is 2.05. The molecule has 0 amide bonds. The Labute approximate surface area is 92.8 Å². The number of phenols is 2. The second-order valence-electron chi connectivity index (χ2n) is 3.29. The van der Waals surface area contributed by atoms with Crippen molar-refractivity contribution in [3.8, 4) is 17.2 Å². The standard InChI is InChI=1S/C12H11NO3/c14-10-4-3-9(12(15)6-10)8-16-11-2-1-5-13-7-11/h1-7,14-15H,8H2. The average molecular weight is 217 g/mol. The molecular weight excluding hydrogens is 206 g/mol. The number of nitrogens with zero attached hydrogens (tertiary/aromatic N) is 1. The van der Waals surface area contributed by atoms with E-state index in [1.54, 1.807) is 30.6 Å². The first-order valence-electron chi connectivity index (χ1n) is 4.79. The van der Waals surface area contributed by atoms with Gasteiger partial charge >= 0.3 is 0 Å². The van der Waals surface area contributed by atoms with Gasteiger partial charge in [0.2, 0.25) is 0 Å². The molecule has 4 nitrogen and oxygen atoms in total. The molecular formula is C12H11NO3. The van der Waals surface area contributed by atoms with Gasteiger partial charge in [-0.2, -0.15) is 0 Å². The molecule has 0 aliphatic rings. The van der Waals surface area contributed by atoms with Crippen LogP contribution < -0.4 is 4.74 Å². The van der Waals surface area contributed by atoms with E-state index in [9.17, 15) is 5.11 Å². The molecule has 0 atom stereocenters. The highest BCUT2D eigenvalue weighted by Gasteiger charge is 2.03. The molecule has 0 radical (unpaired) electrons. The summed E-state index contributed by atoms with van der Waals surface area (Å²) in [6.45, 7) is 0.234. The number of ether oxygens (including phenoxy) is 1. The van der Waals surface area contributed by atoms with E-state index in [0.29, 0.717) is 11.3 Å². The van der Waals surface area contributed by atoms with E-state index in [2.05, 4.69) is 4.98 Å². The van der Waals surface area contributed by atoms with Crippen LogP contribution in [0.1, 0.15) is 5.56 Å². The summed E-state index contributed by atoms with van der Waals surface area (Å²) in [4.78, 5) is 3.91. The molecule has 82 valence electrons. The van der Waals surface area contributed by atoms with Gasteiger partial charge < -0.3 is 14.9 Å². The van der Waals surface area contributed by atoms with E-state index >= 15 is 0 Å². The zero-order valence-electron chi connectivity index (χ0n) is 8.50. The molecule has 1 aromatic carbocycles. The summed E-state index contributed by atoms with van der Waals surface area (Å²) < 4.78 is 5.41. The molecule has 0 fully saturated rings. The minimum atomic E-state index is 0.0175. The predicted molar refractivity (Wildman–Crippen MR) is 58.3 cm³/mol. The summed E-state index contributed by atoms with van der Waals surface area (Å²) in [5.74, 6) is 0.682. The molecule has 4 heteroatoms. The topological polar surface area (TPSA) is 62.6 Å². The third kappa shape index (κ3) is 2.42. The van der Waals surface area contributed by atoms with Crippen LogP contribution in [0.2, 0.25) is 0 Å². The van der Waals surface area contributed by atoms with E-state index in [-0.39, 0.29) is 18.1 Å². The summed E-state index contributed by atoms with van der Waals surface area (Å²) in [5, 5.41) is 18.6. The number of hydrogen-bond donors (Lipinski definition) is 2. The van der Waals surface area contributed by atoms with Gasteiger partial charge in [0.15, 0.2) is 0 Å². The molecule has 1 aromatic heterocycles. The SMILES string of the molecule is Oc1ccc(COc2cccnc2)c(O)c1. The minimum Gasteiger partial charge on any atom is -0.508 e. The second-order valence-corrected chi connectivity index (χ2v) is 3.29. The van der Waals surface area contributed by atoms with Crippen LogP contribution in [-0.2, 0) is 6.61 Å². The maximum Gasteiger partial charge on any atom is 0.138 e. The molecule has 0 saturated carbocycles. The summed E-state index contributed by atoms with van der Waals surface area (Å²) in [6.07, 6.45) is 3.25. The Morgan fingerprint density at radius 3 is 2.75 bits per heavy atom. The van der Waals surface area contributed by atoms with Crippen molar-refractivity contribution in [2.45, 2.75) is 6.61 Å². The molecule has 0 saturated heterocycles. The number of aromatic nitrogens is 1. The largest absolute Gasteiger partial charge is 0.508 e. The Hall–Kier alpha value is -2.23. The van der Waals surface area contributed by atoms with Gasteiger partial charge in [0.1, 0.15) is 23.9 Å². The summed E-state index contributed by atoms with van der Waals surface area (Å²) >= 11 is 0. The second kappa shape index (κ2) is 4.53. The van der Waals surface area contributed by atoms with E-state index in [1.165, 1.54) is 12.1 Å². The van der Waals surface area contributed by atoms with Crippen molar-refractivity contribution < 1.29 is 14.9 Å². The van der Waals surface area contributed by atoms with Crippen LogP contribution in [0.4, 0.5) is 0 Å². The van der Waals surface area contributed by atoms with Crippen molar-refractivity contribution >= 4 is 0 Å². The van der Waals surface area contributed by atoms with Crippen LogP contribution in [0.3, 0.4) is 0 Å². The fourth-order valence-electron chi connectivity index (χ4n) is 1.27. The van der Waals surface area contributed by atoms with Crippen LogP contribution >= 0.6 is 0 Å². The van der Waals surface area contributed by atoms with Crippen molar-refractivity contribution in [2.24, 2.45) is 0 Å². The molecule has 16 heavy (non-hydrogen) atoms. The van der Waals surface area contributed by atoms with E-state index in [1.807, 2.05) is 0 Å². The maximum atomic E-state index is 9.51. The Kier molecular flexibility index (Phi) is 2.91. The zero-order chi connectivity index (χ0) is 11.4. The van der Waals surface area contributed by atoms with E-state index < -0.39 is 0 Å². The van der Waals surface area contributed by atoms with Crippen molar-refractivity contribution in [2.75, 3.05) is 0 Å². The molecule has 2 aromatic rings. The van der Waals surface area contributed by atoms with Crippen LogP contribution in [0.15, 0.2) is 42.7 Å². The molecule has 0 aliphatic carbocycles. The lowest BCUT2D eigenvalue weighted by molar-refractivity contribution is 0.297. The Morgan fingerprint density at radius 1 is 1.19 bits per heavy atom. The number of rotatable bonds is 3. The fraction of sp³-hybridized carbons (Fsp3) is 0.0833. The Bertz CT molecular complexity index is 471. The first-order valence-corrected chi connectivity index (χ1v) is 4.79. The highest BCUT2D eigenvalue weighted by atomic mass is 16.5. The highest BCUT2D eigenvalue weighted by molar-refractivity contribution is 5.38. The van der Waals surface area contributed by atoms with Gasteiger partial charge in [-0.1, -0.05) is 0 Å². The monoisotopic (exact) mass is 217 g/mol. The molecule has 0 spiro atoms. The van der Waals surface area contributed by atoms with Gasteiger partial charge in [0.05, 0.1) is 6.20 Å². The lowest BCUT2D eigenvalue weighted by Crippen LogP contribution is -1.95. The quantitative estimate of drug-likeness (QED) is 0.826. The Morgan fingerprint density at radius 2 is 2.06 bits per heavy atom. The lowest BCUT2D eigenvalue weighted by atomic mass is 10.2. The molecule has 1 heterocycles. The van der Waals surface area contributed by atoms with Crippen LogP contribution in [0, 0.1) is 0 Å². The number of phenolic OH excluding ortho intramolecular Hbond substituents is 2. The lowest BCUT2D eigenvalue weighted by Gasteiger charge is -2.07. The van der Waals surface area contributed by atoms with Crippen LogP contribution in [0.25, 0.3) is 0 Å². The molecule has 2 N–H and O–H groups in total. The fourth-order valence-corrected chi connectivity index (χ4v) is 1.27. The number of aromatic hydroxyl groups is 2. The summed E-state index contributed by atoms with van der Waals surface area (Å²) in [6, 6.07) is 7.95. The van der Waals surface area contributed by atoms with E-state index in [4.69, 9.17) is 9.84 Å².